The predicted octanol–water partition coefficient (Wildman–Crippen LogP) is -0.504. The molecule has 0 radical (unpaired) electrons. The summed E-state index contributed by atoms with van der Waals surface area (Å²) in [5.74, 6) is 0. The molecule has 0 aliphatic heterocycles. The van der Waals surface area contributed by atoms with Crippen molar-refractivity contribution in [1.82, 2.24) is 36.0 Å². The minimum Gasteiger partial charge on any atom is -0.198 e. The molecule has 0 aromatic carbocycles. The summed E-state index contributed by atoms with van der Waals surface area (Å²) in [4.78, 5) is 0. The Hall–Kier alpha value is -1.79. The van der Waals surface area contributed by atoms with E-state index in [2.05, 4.69) is 36.0 Å². The van der Waals surface area contributed by atoms with Crippen LogP contribution in [0.5, 0.6) is 0 Å². The van der Waals surface area contributed by atoms with Crippen molar-refractivity contribution in [3.8, 4) is 0 Å². The Bertz CT molecular complexity index is 156. The third-order valence-electron chi connectivity index (χ3n) is 0.601. The summed E-state index contributed by atoms with van der Waals surface area (Å²) in [6, 6.07) is 0. The van der Waals surface area contributed by atoms with E-state index < -0.39 is 0 Å². The third kappa shape index (κ3) is 2.50. The number of aromatic nitrogens is 7. The van der Waals surface area contributed by atoms with Crippen LogP contribution >= 0.6 is 0 Å². The first-order chi connectivity index (χ1) is 5.00. The van der Waals surface area contributed by atoms with Gasteiger partial charge in [0.05, 0.1) is 12.4 Å². The zero-order chi connectivity index (χ0) is 7.07. The number of rotatable bonds is 0. The average molecular weight is 143 g/mol. The maximum absolute atomic E-state index is 3.49. The summed E-state index contributed by atoms with van der Waals surface area (Å²) in [5, 5.41) is 21.5. The second kappa shape index (κ2) is 4.13. The van der Waals surface area contributed by atoms with Gasteiger partial charge in [0, 0.05) is 2.85 Å². The molecule has 2 aromatic heterocycles. The number of nitrogens with zero attached hydrogens (tertiary/aromatic N) is 5. The molecule has 2 heterocycles. The lowest BCUT2D eigenvalue weighted by Crippen LogP contribution is -1.64. The molecule has 0 aliphatic carbocycles. The van der Waals surface area contributed by atoms with Crippen molar-refractivity contribution in [1.29, 1.82) is 0 Å². The molecule has 0 amide bonds. The van der Waals surface area contributed by atoms with E-state index in [-0.39, 0.29) is 2.85 Å². The van der Waals surface area contributed by atoms with Crippen molar-refractivity contribution in [3.05, 3.63) is 18.7 Å². The highest BCUT2D eigenvalue weighted by molar-refractivity contribution is 4.54. The average Bonchev–Trinajstić information content (AvgIpc) is 2.67. The van der Waals surface area contributed by atoms with E-state index in [0.29, 0.717) is 0 Å². The van der Waals surface area contributed by atoms with Crippen molar-refractivity contribution in [2.45, 2.75) is 0 Å². The SMILES string of the molecule is [HH].[HH].c1cn[nH]n1.c1nn[nH]n1. The lowest BCUT2D eigenvalue weighted by Gasteiger charge is -1.48. The Morgan fingerprint density at radius 2 is 1.80 bits per heavy atom. The molecule has 0 spiro atoms. The van der Waals surface area contributed by atoms with E-state index in [4.69, 9.17) is 0 Å². The van der Waals surface area contributed by atoms with E-state index in [1.807, 2.05) is 0 Å². The first-order valence-corrected chi connectivity index (χ1v) is 2.46. The number of aromatic amines is 2. The lowest BCUT2D eigenvalue weighted by atomic mass is 11.0. The molecule has 0 aliphatic rings. The van der Waals surface area contributed by atoms with Gasteiger partial charge in [-0.2, -0.15) is 20.6 Å². The fourth-order valence-corrected chi connectivity index (χ4v) is 0.296. The summed E-state index contributed by atoms with van der Waals surface area (Å²) >= 11 is 0. The van der Waals surface area contributed by atoms with Crippen LogP contribution in [0, 0.1) is 0 Å². The van der Waals surface area contributed by atoms with Crippen molar-refractivity contribution in [2.24, 2.45) is 0 Å². The van der Waals surface area contributed by atoms with Gasteiger partial charge in [-0.1, -0.05) is 5.21 Å². The van der Waals surface area contributed by atoms with Gasteiger partial charge in [-0.05, 0) is 0 Å². The molecule has 2 rings (SSSR count). The Morgan fingerprint density at radius 1 is 1.00 bits per heavy atom. The Kier molecular flexibility index (Phi) is 2.61. The third-order valence-corrected chi connectivity index (χ3v) is 0.601. The highest BCUT2D eigenvalue weighted by Crippen LogP contribution is 1.55. The Labute approximate surface area is 58.8 Å². The molecule has 56 valence electrons. The molecule has 0 bridgehead atoms. The number of hydrogen-bond acceptors (Lipinski definition) is 5. The molecule has 7 nitrogen and oxygen atoms in total. The molecule has 0 fully saturated rings. The lowest BCUT2D eigenvalue weighted by molar-refractivity contribution is 0.881. The normalized spacial score (nSPS) is 8.00. The fourth-order valence-electron chi connectivity index (χ4n) is 0.296. The van der Waals surface area contributed by atoms with Crippen LogP contribution < -0.4 is 0 Å². The van der Waals surface area contributed by atoms with E-state index >= 15 is 0 Å². The van der Waals surface area contributed by atoms with Crippen molar-refractivity contribution >= 4 is 0 Å². The van der Waals surface area contributed by atoms with Crippen molar-refractivity contribution in [3.63, 3.8) is 0 Å². The van der Waals surface area contributed by atoms with E-state index in [0.717, 1.165) is 0 Å². The van der Waals surface area contributed by atoms with Crippen LogP contribution in [0.3, 0.4) is 0 Å². The number of tetrazole rings is 1. The summed E-state index contributed by atoms with van der Waals surface area (Å²) in [7, 11) is 0. The summed E-state index contributed by atoms with van der Waals surface area (Å²) < 4.78 is 0. The van der Waals surface area contributed by atoms with Gasteiger partial charge < -0.3 is 0 Å². The van der Waals surface area contributed by atoms with Crippen LogP contribution in [0.15, 0.2) is 18.7 Å². The molecule has 2 N–H and O–H groups in total. The predicted molar refractivity (Wildman–Crippen MR) is 34.8 cm³/mol. The highest BCUT2D eigenvalue weighted by Gasteiger charge is 1.58. The first kappa shape index (κ1) is 6.33. The molecule has 0 saturated heterocycles. The summed E-state index contributed by atoms with van der Waals surface area (Å²) in [5.41, 5.74) is 0. The quantitative estimate of drug-likeness (QED) is 0.518. The molecule has 0 saturated carbocycles. The van der Waals surface area contributed by atoms with Gasteiger partial charge in [0.25, 0.3) is 0 Å². The molecule has 7 heteroatoms. The summed E-state index contributed by atoms with van der Waals surface area (Å²) in [6.45, 7) is 0. The second-order valence-electron chi connectivity index (χ2n) is 1.22. The topological polar surface area (TPSA) is 96.0 Å². The van der Waals surface area contributed by atoms with Gasteiger partial charge in [0.1, 0.15) is 0 Å². The number of hydrogen-bond donors (Lipinski definition) is 2. The summed E-state index contributed by atoms with van der Waals surface area (Å²) in [6.07, 6.45) is 4.50. The van der Waals surface area contributed by atoms with Crippen LogP contribution in [0.1, 0.15) is 2.85 Å². The zero-order valence-electron chi connectivity index (χ0n) is 4.97. The van der Waals surface area contributed by atoms with Crippen molar-refractivity contribution in [2.75, 3.05) is 0 Å². The minimum atomic E-state index is 0. The van der Waals surface area contributed by atoms with Crippen molar-refractivity contribution < 1.29 is 2.85 Å². The second-order valence-corrected chi connectivity index (χ2v) is 1.22. The van der Waals surface area contributed by atoms with Crippen LogP contribution in [-0.4, -0.2) is 36.0 Å². The first-order valence-electron chi connectivity index (χ1n) is 2.46. The maximum atomic E-state index is 3.49. The van der Waals surface area contributed by atoms with E-state index in [1.165, 1.54) is 6.33 Å². The minimum absolute atomic E-state index is 0. The van der Waals surface area contributed by atoms with Gasteiger partial charge in [0.2, 0.25) is 0 Å². The molecular formula is C3H9N7. The van der Waals surface area contributed by atoms with E-state index in [9.17, 15) is 0 Å². The molecule has 0 unspecified atom stereocenters. The van der Waals surface area contributed by atoms with Gasteiger partial charge in [0.15, 0.2) is 6.33 Å². The number of H-pyrrole nitrogens is 2. The molecule has 2 aromatic rings. The zero-order valence-corrected chi connectivity index (χ0v) is 4.97. The standard InChI is InChI=1S/C2H3N3.CH2N4.2H2/c2*1-2-4-5-3-1;;/h1-2H,(H,3,4,5);1H,(H,2,3,4,5);2*1H. The van der Waals surface area contributed by atoms with Crippen LogP contribution in [0.2, 0.25) is 0 Å². The molecule has 0 atom stereocenters. The Balaban J connectivity index is 0. The monoisotopic (exact) mass is 143 g/mol. The molecular weight excluding hydrogens is 134 g/mol. The smallest absolute Gasteiger partial charge is 0.161 e. The van der Waals surface area contributed by atoms with Gasteiger partial charge in [-0.25, -0.2) is 0 Å². The van der Waals surface area contributed by atoms with Gasteiger partial charge in [-0.3, -0.25) is 0 Å². The Morgan fingerprint density at radius 3 is 2.00 bits per heavy atom. The highest BCUT2D eigenvalue weighted by atomic mass is 15.5. The largest absolute Gasteiger partial charge is 0.198 e. The fraction of sp³-hybridized carbons (Fsp3) is 0. The van der Waals surface area contributed by atoms with Crippen LogP contribution in [-0.2, 0) is 0 Å². The van der Waals surface area contributed by atoms with Crippen LogP contribution in [0.4, 0.5) is 0 Å². The van der Waals surface area contributed by atoms with Gasteiger partial charge in [-0.15, -0.1) is 10.2 Å². The maximum Gasteiger partial charge on any atom is 0.161 e. The van der Waals surface area contributed by atoms with Crippen LogP contribution in [0.25, 0.3) is 0 Å². The molecule has 10 heavy (non-hydrogen) atoms. The van der Waals surface area contributed by atoms with E-state index in [1.54, 1.807) is 12.4 Å². The van der Waals surface area contributed by atoms with Gasteiger partial charge >= 0.3 is 0 Å². The number of nitrogens with one attached hydrogen (secondary N) is 2.